The zero-order valence-electron chi connectivity index (χ0n) is 19.9. The zero-order chi connectivity index (χ0) is 22.2. The van der Waals surface area contributed by atoms with Gasteiger partial charge < -0.3 is 15.2 Å². The standard InChI is InChI=1S/C23H34N6.C2H6/c1-18-6-7-23(25-17-18)29-10-8-20(16-24)22(9-11-29)26-19(2)27-12-14-28(15-13-27)21-4-3-5-21;1-2/h6-7,16-17,21,24H,3-5,8-15H2,1-2H3;1-2H3. The van der Waals surface area contributed by atoms with Crippen LogP contribution in [0.2, 0.25) is 0 Å². The quantitative estimate of drug-likeness (QED) is 0.571. The maximum atomic E-state index is 7.91. The second kappa shape index (κ2) is 11.4. The highest BCUT2D eigenvalue weighted by Gasteiger charge is 2.28. The number of hydrogen-bond acceptors (Lipinski definition) is 5. The van der Waals surface area contributed by atoms with Crippen LogP contribution in [0.3, 0.4) is 0 Å². The largest absolute Gasteiger partial charge is 0.358 e. The SMILES string of the molecule is CC.CC(=NC1=C(C=N)CCN(c2ccc(C)cn2)CC1)N1CCN(C2CCC2)CC1. The van der Waals surface area contributed by atoms with Gasteiger partial charge >= 0.3 is 0 Å². The monoisotopic (exact) mass is 424 g/mol. The maximum Gasteiger partial charge on any atom is 0.128 e. The minimum atomic E-state index is 0.838. The van der Waals surface area contributed by atoms with Crippen LogP contribution in [0, 0.1) is 12.3 Å². The fourth-order valence-corrected chi connectivity index (χ4v) is 4.50. The van der Waals surface area contributed by atoms with Gasteiger partial charge in [-0.15, -0.1) is 0 Å². The van der Waals surface area contributed by atoms with E-state index in [0.717, 1.165) is 81.1 Å². The van der Waals surface area contributed by atoms with Crippen LogP contribution in [0.25, 0.3) is 0 Å². The summed E-state index contributed by atoms with van der Waals surface area (Å²) in [5, 5.41) is 7.91. The first kappa shape index (κ1) is 23.5. The predicted octanol–water partition coefficient (Wildman–Crippen LogP) is 4.51. The van der Waals surface area contributed by atoms with Crippen LogP contribution in [-0.2, 0) is 0 Å². The summed E-state index contributed by atoms with van der Waals surface area (Å²) in [5.74, 6) is 2.13. The van der Waals surface area contributed by atoms with Crippen molar-refractivity contribution in [1.82, 2.24) is 14.8 Å². The molecule has 1 aromatic rings. The van der Waals surface area contributed by atoms with Crippen LogP contribution in [0.1, 0.15) is 58.4 Å². The van der Waals surface area contributed by atoms with E-state index in [9.17, 15) is 0 Å². The van der Waals surface area contributed by atoms with Gasteiger partial charge in [-0.3, -0.25) is 4.90 Å². The molecule has 0 spiro atoms. The third kappa shape index (κ3) is 5.94. The van der Waals surface area contributed by atoms with Crippen LogP contribution in [0.15, 0.2) is 34.6 Å². The molecule has 4 rings (SSSR count). The Labute approximate surface area is 188 Å². The second-order valence-corrected chi connectivity index (χ2v) is 8.56. The molecule has 0 radical (unpaired) electrons. The number of aromatic nitrogens is 1. The topological polar surface area (TPSA) is 58.8 Å². The average molecular weight is 425 g/mol. The van der Waals surface area contributed by atoms with Crippen molar-refractivity contribution < 1.29 is 0 Å². The molecule has 0 bridgehead atoms. The lowest BCUT2D eigenvalue weighted by atomic mass is 9.91. The van der Waals surface area contributed by atoms with Crippen molar-refractivity contribution in [3.63, 3.8) is 0 Å². The van der Waals surface area contributed by atoms with E-state index in [2.05, 4.69) is 45.7 Å². The number of amidine groups is 1. The van der Waals surface area contributed by atoms with Crippen molar-refractivity contribution >= 4 is 17.9 Å². The van der Waals surface area contributed by atoms with E-state index in [-0.39, 0.29) is 0 Å². The van der Waals surface area contributed by atoms with E-state index in [1.54, 1.807) is 0 Å². The van der Waals surface area contributed by atoms with Gasteiger partial charge in [0.15, 0.2) is 0 Å². The Morgan fingerprint density at radius 3 is 2.35 bits per heavy atom. The highest BCUT2D eigenvalue weighted by molar-refractivity contribution is 5.83. The van der Waals surface area contributed by atoms with Crippen molar-refractivity contribution in [3.05, 3.63) is 35.2 Å². The molecule has 2 fully saturated rings. The smallest absolute Gasteiger partial charge is 0.128 e. The van der Waals surface area contributed by atoms with E-state index >= 15 is 0 Å². The summed E-state index contributed by atoms with van der Waals surface area (Å²) >= 11 is 0. The van der Waals surface area contributed by atoms with E-state index < -0.39 is 0 Å². The lowest BCUT2D eigenvalue weighted by Gasteiger charge is -2.43. The third-order valence-electron chi connectivity index (χ3n) is 6.69. The van der Waals surface area contributed by atoms with Gasteiger partial charge in [0.2, 0.25) is 0 Å². The summed E-state index contributed by atoms with van der Waals surface area (Å²) in [6.45, 7) is 14.4. The number of pyridine rings is 1. The zero-order valence-corrected chi connectivity index (χ0v) is 19.9. The predicted molar refractivity (Wildman–Crippen MR) is 131 cm³/mol. The summed E-state index contributed by atoms with van der Waals surface area (Å²) in [7, 11) is 0. The number of rotatable bonds is 4. The fourth-order valence-electron chi connectivity index (χ4n) is 4.50. The van der Waals surface area contributed by atoms with Gasteiger partial charge in [-0.1, -0.05) is 26.3 Å². The molecule has 1 saturated heterocycles. The first-order valence-corrected chi connectivity index (χ1v) is 12.1. The first-order chi connectivity index (χ1) is 15.1. The number of aryl methyl sites for hydroxylation is 1. The molecule has 3 heterocycles. The number of hydrogen-bond donors (Lipinski definition) is 1. The molecule has 0 aromatic carbocycles. The van der Waals surface area contributed by atoms with Gasteiger partial charge in [0.25, 0.3) is 0 Å². The van der Waals surface area contributed by atoms with E-state index in [4.69, 9.17) is 10.4 Å². The number of aliphatic imine (C=N–C) groups is 1. The highest BCUT2D eigenvalue weighted by atomic mass is 15.3. The summed E-state index contributed by atoms with van der Waals surface area (Å²) in [5.41, 5.74) is 3.32. The van der Waals surface area contributed by atoms with E-state index in [1.807, 2.05) is 20.0 Å². The van der Waals surface area contributed by atoms with E-state index in [1.165, 1.54) is 31.0 Å². The Hall–Kier alpha value is -2.21. The van der Waals surface area contributed by atoms with Gasteiger partial charge in [-0.25, -0.2) is 9.98 Å². The first-order valence-electron chi connectivity index (χ1n) is 12.1. The summed E-state index contributed by atoms with van der Waals surface area (Å²) in [4.78, 5) is 17.0. The Kier molecular flexibility index (Phi) is 8.64. The Morgan fingerprint density at radius 1 is 1.06 bits per heavy atom. The molecular weight excluding hydrogens is 384 g/mol. The molecule has 3 aliphatic rings. The number of nitrogens with one attached hydrogen (secondary N) is 1. The molecule has 0 unspecified atom stereocenters. The maximum absolute atomic E-state index is 7.91. The van der Waals surface area contributed by atoms with Crippen molar-refractivity contribution in [3.8, 4) is 0 Å². The van der Waals surface area contributed by atoms with Crippen molar-refractivity contribution in [2.75, 3.05) is 44.2 Å². The Balaban J connectivity index is 0.00000132. The van der Waals surface area contributed by atoms with Crippen LogP contribution in [0.5, 0.6) is 0 Å². The van der Waals surface area contributed by atoms with Gasteiger partial charge in [0.1, 0.15) is 11.7 Å². The molecule has 0 atom stereocenters. The molecule has 170 valence electrons. The highest BCUT2D eigenvalue weighted by Crippen LogP contribution is 2.26. The van der Waals surface area contributed by atoms with Crippen molar-refractivity contribution in [1.29, 1.82) is 5.41 Å². The fraction of sp³-hybridized carbons (Fsp3) is 0.640. The molecule has 6 heteroatoms. The summed E-state index contributed by atoms with van der Waals surface area (Å²) in [6.07, 6.45) is 9.32. The number of anilines is 1. The summed E-state index contributed by atoms with van der Waals surface area (Å²) < 4.78 is 0. The third-order valence-corrected chi connectivity index (χ3v) is 6.69. The summed E-state index contributed by atoms with van der Waals surface area (Å²) in [6, 6.07) is 5.05. The second-order valence-electron chi connectivity index (χ2n) is 8.56. The van der Waals surface area contributed by atoms with Gasteiger partial charge in [-0.05, 0) is 50.3 Å². The molecule has 1 aromatic heterocycles. The minimum absolute atomic E-state index is 0.838. The normalized spacial score (nSPS) is 21.2. The van der Waals surface area contributed by atoms with Crippen LogP contribution in [0.4, 0.5) is 5.82 Å². The van der Waals surface area contributed by atoms with Crippen molar-refractivity contribution in [2.45, 2.75) is 65.8 Å². The molecule has 1 N–H and O–H groups in total. The number of piperazine rings is 1. The van der Waals surface area contributed by atoms with Gasteiger partial charge in [-0.2, -0.15) is 0 Å². The van der Waals surface area contributed by atoms with Crippen LogP contribution < -0.4 is 4.90 Å². The number of nitrogens with zero attached hydrogens (tertiary/aromatic N) is 5. The van der Waals surface area contributed by atoms with Gasteiger partial charge in [0.05, 0.1) is 0 Å². The lowest BCUT2D eigenvalue weighted by molar-refractivity contribution is 0.0852. The Morgan fingerprint density at radius 2 is 1.77 bits per heavy atom. The molecular formula is C25H40N6. The Bertz CT molecular complexity index is 770. The average Bonchev–Trinajstić information content (AvgIpc) is 2.97. The molecule has 6 nitrogen and oxygen atoms in total. The molecule has 1 aliphatic carbocycles. The molecule has 31 heavy (non-hydrogen) atoms. The minimum Gasteiger partial charge on any atom is -0.358 e. The van der Waals surface area contributed by atoms with Crippen LogP contribution >= 0.6 is 0 Å². The van der Waals surface area contributed by atoms with E-state index in [0.29, 0.717) is 0 Å². The van der Waals surface area contributed by atoms with Crippen LogP contribution in [-0.4, -0.2) is 72.1 Å². The molecule has 0 amide bonds. The lowest BCUT2D eigenvalue weighted by Crippen LogP contribution is -2.53. The van der Waals surface area contributed by atoms with Crippen molar-refractivity contribution in [2.24, 2.45) is 4.99 Å². The molecule has 2 aliphatic heterocycles. The van der Waals surface area contributed by atoms with Gasteiger partial charge in [0, 0.05) is 69.8 Å². The molecule has 1 saturated carbocycles.